The van der Waals surface area contributed by atoms with E-state index in [2.05, 4.69) is 16.6 Å². The Labute approximate surface area is 120 Å². The van der Waals surface area contributed by atoms with Gasteiger partial charge in [-0.25, -0.2) is 4.79 Å². The molecule has 0 aliphatic heterocycles. The van der Waals surface area contributed by atoms with Crippen LogP contribution in [0, 0.1) is 29.1 Å². The number of esters is 1. The average molecular weight is 313 g/mol. The zero-order valence-electron chi connectivity index (χ0n) is 9.63. The Bertz CT molecular complexity index is 428. The summed E-state index contributed by atoms with van der Waals surface area (Å²) in [6.07, 6.45) is 0. The first-order chi connectivity index (χ1) is 8.05. The molecule has 18 heavy (non-hydrogen) atoms. The van der Waals surface area contributed by atoms with Crippen molar-refractivity contribution in [2.45, 2.75) is 17.6 Å². The number of rotatable bonds is 2. The van der Waals surface area contributed by atoms with Gasteiger partial charge in [0.1, 0.15) is 6.61 Å². The van der Waals surface area contributed by atoms with Gasteiger partial charge in [-0.3, -0.25) is 0 Å². The fourth-order valence-corrected chi connectivity index (χ4v) is 1.83. The van der Waals surface area contributed by atoms with E-state index in [1.54, 1.807) is 13.8 Å². The molecule has 0 radical (unpaired) electrons. The third-order valence-corrected chi connectivity index (χ3v) is 3.11. The Kier molecular flexibility index (Phi) is 4.42. The molecule has 1 aliphatic carbocycles. The largest absolute Gasteiger partial charge is 0.550 e. The minimum atomic E-state index is -1.69. The molecule has 0 heterocycles. The molecule has 0 amide bonds. The molecule has 100 valence electrons. The van der Waals surface area contributed by atoms with Crippen molar-refractivity contribution < 1.29 is 19.4 Å². The van der Waals surface area contributed by atoms with E-state index in [0.29, 0.717) is 0 Å². The van der Waals surface area contributed by atoms with Crippen LogP contribution >= 0.6 is 34.8 Å². The van der Waals surface area contributed by atoms with Gasteiger partial charge in [0.2, 0.25) is 3.79 Å². The molecule has 0 spiro atoms. The average Bonchev–Trinajstić information content (AvgIpc) is 2.73. The van der Waals surface area contributed by atoms with Crippen LogP contribution in [0.1, 0.15) is 13.8 Å². The Hall–Kier alpha value is -0.630. The van der Waals surface area contributed by atoms with Gasteiger partial charge < -0.3 is 14.6 Å². The molecule has 1 rings (SSSR count). The quantitative estimate of drug-likeness (QED) is 0.329. The number of hydrogen-bond acceptors (Lipinski definition) is 4. The van der Waals surface area contributed by atoms with Gasteiger partial charge in [0.05, 0.1) is 0 Å². The number of carbonyl (C=O) groups excluding carboxylic acids is 2. The molecule has 4 nitrogen and oxygen atoms in total. The molecule has 1 fully saturated rings. The highest BCUT2D eigenvalue weighted by Gasteiger charge is 2.57. The van der Waals surface area contributed by atoms with E-state index in [0.717, 1.165) is 0 Å². The molecule has 2 unspecified atom stereocenters. The summed E-state index contributed by atoms with van der Waals surface area (Å²) >= 11 is 16.1. The normalized spacial score (nSPS) is 24.7. The number of alkyl halides is 3. The summed E-state index contributed by atoms with van der Waals surface area (Å²) < 4.78 is 2.89. The van der Waals surface area contributed by atoms with Crippen LogP contribution in [0.2, 0.25) is 0 Å². The Balaban J connectivity index is 2.53. The van der Waals surface area contributed by atoms with Crippen LogP contribution in [0.4, 0.5) is 0 Å². The number of aliphatic carboxylic acids is 1. The first-order valence-electron chi connectivity index (χ1n) is 5.01. The maximum absolute atomic E-state index is 11.2. The standard InChI is InChI=1S/C11H11Cl3O4/c1-10(2)6(8(10)9(16)17)3-4-7(15)18-5-11(12,13)14/h6,8H,5H2,1-2H3,(H,16,17)/p-1. The lowest BCUT2D eigenvalue weighted by atomic mass is 10.1. The summed E-state index contributed by atoms with van der Waals surface area (Å²) in [6, 6.07) is 0. The first kappa shape index (κ1) is 15.4. The second kappa shape index (κ2) is 5.16. The summed E-state index contributed by atoms with van der Waals surface area (Å²) in [6.45, 7) is 3.06. The summed E-state index contributed by atoms with van der Waals surface area (Å²) in [5.41, 5.74) is -0.499. The lowest BCUT2D eigenvalue weighted by Crippen LogP contribution is -2.26. The topological polar surface area (TPSA) is 66.4 Å². The van der Waals surface area contributed by atoms with Crippen molar-refractivity contribution in [3.8, 4) is 11.8 Å². The molecule has 0 saturated heterocycles. The summed E-state index contributed by atoms with van der Waals surface area (Å²) in [5, 5.41) is 10.7. The fourth-order valence-electron chi connectivity index (χ4n) is 1.67. The lowest BCUT2D eigenvalue weighted by Gasteiger charge is -2.08. The van der Waals surface area contributed by atoms with Gasteiger partial charge in [-0.15, -0.1) is 0 Å². The van der Waals surface area contributed by atoms with E-state index in [1.807, 2.05) is 0 Å². The number of carboxylic acid groups (broad SMARTS) is 1. The summed E-state index contributed by atoms with van der Waals surface area (Å²) in [5.74, 6) is 1.58. The zero-order chi connectivity index (χ0) is 14.1. The van der Waals surface area contributed by atoms with Gasteiger partial charge in [-0.1, -0.05) is 54.6 Å². The van der Waals surface area contributed by atoms with E-state index in [4.69, 9.17) is 34.8 Å². The van der Waals surface area contributed by atoms with Crippen LogP contribution in [0.3, 0.4) is 0 Å². The van der Waals surface area contributed by atoms with Crippen LogP contribution in [-0.4, -0.2) is 22.3 Å². The van der Waals surface area contributed by atoms with Crippen LogP contribution < -0.4 is 5.11 Å². The van der Waals surface area contributed by atoms with Crippen molar-refractivity contribution in [3.05, 3.63) is 0 Å². The van der Waals surface area contributed by atoms with Gasteiger partial charge in [-0.2, -0.15) is 0 Å². The predicted octanol–water partition coefficient (Wildman–Crippen LogP) is 0.925. The third kappa shape index (κ3) is 3.94. The van der Waals surface area contributed by atoms with Gasteiger partial charge in [0.15, 0.2) is 0 Å². The highest BCUT2D eigenvalue weighted by atomic mass is 35.6. The SMILES string of the molecule is CC1(C)C(C#CC(=O)OCC(Cl)(Cl)Cl)C1C(=O)[O-]. The molecule has 0 N–H and O–H groups in total. The highest BCUT2D eigenvalue weighted by molar-refractivity contribution is 6.67. The van der Waals surface area contributed by atoms with Crippen LogP contribution in [0.25, 0.3) is 0 Å². The third-order valence-electron chi connectivity index (χ3n) is 2.78. The molecular weight excluding hydrogens is 302 g/mol. The molecule has 0 aromatic carbocycles. The van der Waals surface area contributed by atoms with Crippen molar-refractivity contribution in [1.29, 1.82) is 0 Å². The van der Waals surface area contributed by atoms with Crippen LogP contribution in [-0.2, 0) is 14.3 Å². The van der Waals surface area contributed by atoms with E-state index >= 15 is 0 Å². The zero-order valence-corrected chi connectivity index (χ0v) is 11.9. The van der Waals surface area contributed by atoms with Crippen LogP contribution in [0.5, 0.6) is 0 Å². The van der Waals surface area contributed by atoms with Gasteiger partial charge >= 0.3 is 5.97 Å². The molecule has 2 atom stereocenters. The van der Waals surface area contributed by atoms with Crippen LogP contribution in [0.15, 0.2) is 0 Å². The van der Waals surface area contributed by atoms with E-state index in [-0.39, 0.29) is 0 Å². The second-order valence-electron chi connectivity index (χ2n) is 4.56. The van der Waals surface area contributed by atoms with E-state index < -0.39 is 39.6 Å². The van der Waals surface area contributed by atoms with Crippen molar-refractivity contribution in [3.63, 3.8) is 0 Å². The van der Waals surface area contributed by atoms with Gasteiger partial charge in [0, 0.05) is 23.7 Å². The molecule has 0 aromatic rings. The predicted molar refractivity (Wildman–Crippen MR) is 64.8 cm³/mol. The molecular formula is C11H10Cl3O4-. The molecule has 7 heteroatoms. The Morgan fingerprint density at radius 2 is 1.94 bits per heavy atom. The van der Waals surface area contributed by atoms with Gasteiger partial charge in [0.25, 0.3) is 0 Å². The molecule has 1 saturated carbocycles. The minimum absolute atomic E-state index is 0.414. The van der Waals surface area contributed by atoms with Crippen molar-refractivity contribution in [1.82, 2.24) is 0 Å². The number of ether oxygens (including phenoxy) is 1. The Morgan fingerprint density at radius 3 is 2.33 bits per heavy atom. The number of carboxylic acids is 1. The fraction of sp³-hybridized carbons (Fsp3) is 0.636. The van der Waals surface area contributed by atoms with E-state index in [1.165, 1.54) is 0 Å². The van der Waals surface area contributed by atoms with Gasteiger partial charge in [-0.05, 0) is 5.41 Å². The minimum Gasteiger partial charge on any atom is -0.550 e. The lowest BCUT2D eigenvalue weighted by molar-refractivity contribution is -0.308. The Morgan fingerprint density at radius 1 is 1.39 bits per heavy atom. The molecule has 0 aromatic heterocycles. The highest BCUT2D eigenvalue weighted by Crippen LogP contribution is 2.57. The number of halogens is 3. The first-order valence-corrected chi connectivity index (χ1v) is 6.15. The molecule has 0 bridgehead atoms. The van der Waals surface area contributed by atoms with Crippen molar-refractivity contribution in [2.24, 2.45) is 17.3 Å². The van der Waals surface area contributed by atoms with Crippen molar-refractivity contribution in [2.75, 3.05) is 6.61 Å². The summed E-state index contributed by atoms with van der Waals surface area (Å²) in [7, 11) is 0. The molecule has 1 aliphatic rings. The summed E-state index contributed by atoms with van der Waals surface area (Å²) in [4.78, 5) is 21.9. The number of carbonyl (C=O) groups is 2. The van der Waals surface area contributed by atoms with Crippen molar-refractivity contribution >= 4 is 46.7 Å². The maximum Gasteiger partial charge on any atom is 0.384 e. The smallest absolute Gasteiger partial charge is 0.384 e. The maximum atomic E-state index is 11.2. The monoisotopic (exact) mass is 311 g/mol. The number of hydrogen-bond donors (Lipinski definition) is 0. The second-order valence-corrected chi connectivity index (χ2v) is 7.07. The van der Waals surface area contributed by atoms with E-state index in [9.17, 15) is 14.7 Å².